The molecule has 4 heterocycles. The molecule has 0 atom stereocenters. The molecular formula is C21H18F2N4O4. The molecule has 0 aliphatic carbocycles. The molecule has 2 aromatic heterocycles. The summed E-state index contributed by atoms with van der Waals surface area (Å²) in [7, 11) is 0. The second kappa shape index (κ2) is 7.47. The topological polar surface area (TPSA) is 102 Å². The third-order valence-electron chi connectivity index (χ3n) is 5.61. The van der Waals surface area contributed by atoms with Crippen molar-refractivity contribution < 1.29 is 27.9 Å². The smallest absolute Gasteiger partial charge is 0.259 e. The fourth-order valence-electron chi connectivity index (χ4n) is 3.86. The molecule has 160 valence electrons. The fraction of sp³-hybridized carbons (Fsp3) is 0.333. The quantitative estimate of drug-likeness (QED) is 0.595. The van der Waals surface area contributed by atoms with E-state index in [-0.39, 0.29) is 34.7 Å². The maximum atomic E-state index is 14.3. The maximum Gasteiger partial charge on any atom is 0.259 e. The fourth-order valence-corrected chi connectivity index (χ4v) is 3.86. The Morgan fingerprint density at radius 1 is 1.16 bits per heavy atom. The lowest BCUT2D eigenvalue weighted by Gasteiger charge is -2.55. The van der Waals surface area contributed by atoms with Gasteiger partial charge in [0, 0.05) is 36.8 Å². The lowest BCUT2D eigenvalue weighted by molar-refractivity contribution is -0.127. The molecule has 2 fully saturated rings. The predicted molar refractivity (Wildman–Crippen MR) is 104 cm³/mol. The molecule has 0 unspecified atom stereocenters. The number of hydrogen-bond acceptors (Lipinski definition) is 8. The van der Waals surface area contributed by atoms with E-state index in [4.69, 9.17) is 14.4 Å². The Morgan fingerprint density at radius 3 is 2.55 bits per heavy atom. The number of aliphatic hydroxyl groups is 1. The van der Waals surface area contributed by atoms with Gasteiger partial charge in [-0.25, -0.2) is 8.78 Å². The molecule has 0 radical (unpaired) electrons. The minimum atomic E-state index is -0.918. The number of nitrogens with zero attached hydrogens (tertiary/aromatic N) is 4. The van der Waals surface area contributed by atoms with E-state index in [9.17, 15) is 13.6 Å². The van der Waals surface area contributed by atoms with Crippen LogP contribution in [0.3, 0.4) is 0 Å². The Morgan fingerprint density at radius 2 is 1.90 bits per heavy atom. The number of carbonyl (C=O) groups excluding carboxylic acids is 1. The number of anilines is 1. The van der Waals surface area contributed by atoms with Crippen molar-refractivity contribution >= 4 is 11.5 Å². The number of pyridine rings is 1. The molecule has 1 spiro atoms. The van der Waals surface area contributed by atoms with Crippen LogP contribution in [0.25, 0.3) is 11.5 Å². The van der Waals surface area contributed by atoms with Gasteiger partial charge in [-0.05, 0) is 18.2 Å². The van der Waals surface area contributed by atoms with Gasteiger partial charge in [0.25, 0.3) is 5.89 Å². The number of hydrogen-bond donors (Lipinski definition) is 1. The summed E-state index contributed by atoms with van der Waals surface area (Å²) in [5.41, 5.74) is 1.27. The molecule has 8 nitrogen and oxygen atoms in total. The Kier molecular flexibility index (Phi) is 4.75. The average Bonchev–Trinajstić information content (AvgIpc) is 3.17. The summed E-state index contributed by atoms with van der Waals surface area (Å²) in [5, 5.41) is 12.7. The van der Waals surface area contributed by atoms with E-state index in [2.05, 4.69) is 20.0 Å². The molecule has 10 heteroatoms. The van der Waals surface area contributed by atoms with Crippen LogP contribution in [0.5, 0.6) is 0 Å². The third-order valence-corrected chi connectivity index (χ3v) is 5.61. The van der Waals surface area contributed by atoms with E-state index in [1.54, 1.807) is 12.4 Å². The number of rotatable bonds is 6. The van der Waals surface area contributed by atoms with Crippen LogP contribution >= 0.6 is 0 Å². The van der Waals surface area contributed by atoms with E-state index in [0.717, 1.165) is 44.1 Å². The van der Waals surface area contributed by atoms with Crippen LogP contribution in [0.1, 0.15) is 21.7 Å². The van der Waals surface area contributed by atoms with Gasteiger partial charge in [-0.2, -0.15) is 4.98 Å². The standard InChI is InChI=1S/C21H18F2N4O4/c22-16-2-12(18(29)7-28)3-17(23)15(16)4-19-25-20(31-26-19)13-1-14(6-24-5-13)27-8-21(9-27)10-30-11-21/h1-3,5-6,28H,4,7-11H2. The van der Waals surface area contributed by atoms with Crippen molar-refractivity contribution in [1.29, 1.82) is 0 Å². The number of aliphatic hydroxyl groups excluding tert-OH is 1. The summed E-state index contributed by atoms with van der Waals surface area (Å²) in [6.45, 7) is 2.55. The molecule has 3 aromatic rings. The highest BCUT2D eigenvalue weighted by atomic mass is 19.1. The minimum Gasteiger partial charge on any atom is -0.388 e. The van der Waals surface area contributed by atoms with Gasteiger partial charge in [0.05, 0.1) is 36.1 Å². The Hall–Kier alpha value is -3.24. The molecule has 31 heavy (non-hydrogen) atoms. The van der Waals surface area contributed by atoms with Crippen LogP contribution < -0.4 is 4.90 Å². The summed E-state index contributed by atoms with van der Waals surface area (Å²) >= 11 is 0. The van der Waals surface area contributed by atoms with Crippen molar-refractivity contribution in [2.75, 3.05) is 37.8 Å². The molecule has 0 amide bonds. The van der Waals surface area contributed by atoms with E-state index in [1.807, 2.05) is 6.07 Å². The zero-order chi connectivity index (χ0) is 21.6. The van der Waals surface area contributed by atoms with Gasteiger partial charge in [0.2, 0.25) is 0 Å². The molecule has 2 saturated heterocycles. The molecule has 1 aromatic carbocycles. The molecule has 0 saturated carbocycles. The summed E-state index contributed by atoms with van der Waals surface area (Å²) < 4.78 is 39.2. The highest BCUT2D eigenvalue weighted by Crippen LogP contribution is 2.40. The molecule has 2 aliphatic rings. The van der Waals surface area contributed by atoms with Gasteiger partial charge in [-0.1, -0.05) is 5.16 Å². The van der Waals surface area contributed by atoms with Crippen molar-refractivity contribution in [1.82, 2.24) is 15.1 Å². The molecule has 1 N–H and O–H groups in total. The first kappa shape index (κ1) is 19.7. The summed E-state index contributed by atoms with van der Waals surface area (Å²) in [6, 6.07) is 3.66. The Bertz CT molecular complexity index is 1130. The summed E-state index contributed by atoms with van der Waals surface area (Å²) in [4.78, 5) is 22.1. The van der Waals surface area contributed by atoms with Crippen LogP contribution in [0.4, 0.5) is 14.5 Å². The number of aromatic nitrogens is 3. The highest BCUT2D eigenvalue weighted by Gasteiger charge is 2.49. The maximum absolute atomic E-state index is 14.3. The number of benzene rings is 1. The van der Waals surface area contributed by atoms with Crippen molar-refractivity contribution in [3.63, 3.8) is 0 Å². The zero-order valence-electron chi connectivity index (χ0n) is 16.3. The summed E-state index contributed by atoms with van der Waals surface area (Å²) in [6.07, 6.45) is 3.09. The second-order valence-corrected chi connectivity index (χ2v) is 7.97. The first-order chi connectivity index (χ1) is 15.0. The van der Waals surface area contributed by atoms with E-state index in [0.29, 0.717) is 5.56 Å². The summed E-state index contributed by atoms with van der Waals surface area (Å²) in [5.74, 6) is -2.32. The number of Topliss-reactive ketones (excluding diaryl/α,β-unsaturated/α-hetero) is 1. The van der Waals surface area contributed by atoms with Crippen LogP contribution in [0.2, 0.25) is 0 Å². The van der Waals surface area contributed by atoms with Crippen molar-refractivity contribution in [3.8, 4) is 11.5 Å². The first-order valence-corrected chi connectivity index (χ1v) is 9.69. The average molecular weight is 428 g/mol. The van der Waals surface area contributed by atoms with E-state index in [1.165, 1.54) is 0 Å². The largest absolute Gasteiger partial charge is 0.388 e. The monoisotopic (exact) mass is 428 g/mol. The number of ketones is 1. The Labute approximate surface area is 175 Å². The normalized spacial score (nSPS) is 16.8. The highest BCUT2D eigenvalue weighted by molar-refractivity contribution is 5.97. The minimum absolute atomic E-state index is 0.0916. The third kappa shape index (κ3) is 3.57. The number of ether oxygens (including phenoxy) is 1. The van der Waals surface area contributed by atoms with Crippen molar-refractivity contribution in [2.45, 2.75) is 6.42 Å². The second-order valence-electron chi connectivity index (χ2n) is 7.97. The van der Waals surface area contributed by atoms with Gasteiger partial charge in [0.1, 0.15) is 18.2 Å². The van der Waals surface area contributed by atoms with Crippen LogP contribution in [-0.2, 0) is 11.2 Å². The lowest BCUT2D eigenvalue weighted by Crippen LogP contribution is -2.66. The molecule has 2 aliphatic heterocycles. The molecular weight excluding hydrogens is 410 g/mol. The van der Waals surface area contributed by atoms with Gasteiger partial charge in [0.15, 0.2) is 11.6 Å². The van der Waals surface area contributed by atoms with Crippen LogP contribution in [-0.4, -0.2) is 58.9 Å². The van der Waals surface area contributed by atoms with E-state index >= 15 is 0 Å². The molecule has 5 rings (SSSR count). The van der Waals surface area contributed by atoms with Gasteiger partial charge < -0.3 is 19.3 Å². The molecule has 0 bridgehead atoms. The predicted octanol–water partition coefficient (Wildman–Crippen LogP) is 2.01. The van der Waals surface area contributed by atoms with Crippen molar-refractivity contribution in [2.24, 2.45) is 5.41 Å². The number of carbonyl (C=O) groups is 1. The lowest BCUT2D eigenvalue weighted by atomic mass is 9.78. The van der Waals surface area contributed by atoms with E-state index < -0.39 is 24.0 Å². The number of halogens is 2. The van der Waals surface area contributed by atoms with Gasteiger partial charge >= 0.3 is 0 Å². The Balaban J connectivity index is 1.33. The van der Waals surface area contributed by atoms with Crippen molar-refractivity contribution in [3.05, 3.63) is 59.2 Å². The van der Waals surface area contributed by atoms with Gasteiger partial charge in [-0.3, -0.25) is 9.78 Å². The SMILES string of the molecule is O=C(CO)c1cc(F)c(Cc2noc(-c3cncc(N4CC5(COC5)C4)c3)n2)c(F)c1. The van der Waals surface area contributed by atoms with Crippen LogP contribution in [0, 0.1) is 17.0 Å². The van der Waals surface area contributed by atoms with Crippen LogP contribution in [0.15, 0.2) is 35.1 Å². The zero-order valence-corrected chi connectivity index (χ0v) is 16.3. The van der Waals surface area contributed by atoms with Gasteiger partial charge in [-0.15, -0.1) is 0 Å². The first-order valence-electron chi connectivity index (χ1n) is 9.69.